The molecule has 0 amide bonds. The first-order chi connectivity index (χ1) is 8.74. The Morgan fingerprint density at radius 3 is 2.44 bits per heavy atom. The van der Waals surface area contributed by atoms with E-state index in [0.717, 1.165) is 17.0 Å². The highest BCUT2D eigenvalue weighted by molar-refractivity contribution is 9.10. The quantitative estimate of drug-likeness (QED) is 0.821. The summed E-state index contributed by atoms with van der Waals surface area (Å²) in [7, 11) is 0. The third-order valence-electron chi connectivity index (χ3n) is 2.74. The molecule has 0 bridgehead atoms. The largest absolute Gasteiger partial charge is 0.452 e. The van der Waals surface area contributed by atoms with Gasteiger partial charge in [0.25, 0.3) is 0 Å². The highest BCUT2D eigenvalue weighted by Gasteiger charge is 2.16. The summed E-state index contributed by atoms with van der Waals surface area (Å²) in [5.41, 5.74) is 1.22. The first-order valence-electron chi connectivity index (χ1n) is 5.87. The highest BCUT2D eigenvalue weighted by Crippen LogP contribution is 2.27. The molecule has 0 saturated heterocycles. The molecule has 0 aliphatic heterocycles. The number of rotatable bonds is 5. The van der Waals surface area contributed by atoms with Gasteiger partial charge in [0.15, 0.2) is 4.67 Å². The molecule has 1 atom stereocenters. The van der Waals surface area contributed by atoms with Gasteiger partial charge in [-0.2, -0.15) is 0 Å². The molecule has 1 unspecified atom stereocenters. The third-order valence-corrected chi connectivity index (χ3v) is 3.91. The zero-order chi connectivity index (χ0) is 13.0. The van der Waals surface area contributed by atoms with E-state index >= 15 is 0 Å². The number of nitrogens with one attached hydrogen (secondary N) is 1. The maximum absolute atomic E-state index is 5.66. The average molecular weight is 326 g/mol. The number of halogens is 1. The van der Waals surface area contributed by atoms with Gasteiger partial charge in [0, 0.05) is 4.90 Å². The van der Waals surface area contributed by atoms with Crippen molar-refractivity contribution in [1.82, 2.24) is 5.32 Å². The molecule has 1 aromatic carbocycles. The average Bonchev–Trinajstić information content (AvgIpc) is 2.82. The van der Waals surface area contributed by atoms with Crippen molar-refractivity contribution in [2.24, 2.45) is 0 Å². The highest BCUT2D eigenvalue weighted by atomic mass is 79.9. The van der Waals surface area contributed by atoms with Crippen molar-refractivity contribution in [2.75, 3.05) is 12.8 Å². The maximum atomic E-state index is 5.66. The van der Waals surface area contributed by atoms with Gasteiger partial charge in [0.05, 0.1) is 6.04 Å². The van der Waals surface area contributed by atoms with E-state index in [1.54, 1.807) is 11.8 Å². The van der Waals surface area contributed by atoms with E-state index in [9.17, 15) is 0 Å². The molecule has 2 nitrogen and oxygen atoms in total. The number of thioether (sulfide) groups is 1. The van der Waals surface area contributed by atoms with Gasteiger partial charge in [-0.15, -0.1) is 11.8 Å². The summed E-state index contributed by atoms with van der Waals surface area (Å²) in [4.78, 5) is 1.27. The van der Waals surface area contributed by atoms with Crippen LogP contribution in [0.5, 0.6) is 0 Å². The second-order valence-electron chi connectivity index (χ2n) is 3.91. The fourth-order valence-corrected chi connectivity index (χ4v) is 2.59. The van der Waals surface area contributed by atoms with Gasteiger partial charge in [-0.1, -0.05) is 19.1 Å². The molecule has 0 aliphatic rings. The molecule has 2 rings (SSSR count). The molecular weight excluding hydrogens is 310 g/mol. The van der Waals surface area contributed by atoms with E-state index in [-0.39, 0.29) is 6.04 Å². The molecule has 0 spiro atoms. The Bertz CT molecular complexity index is 495. The lowest BCUT2D eigenvalue weighted by Crippen LogP contribution is -2.21. The lowest BCUT2D eigenvalue weighted by atomic mass is 10.0. The van der Waals surface area contributed by atoms with Crippen molar-refractivity contribution in [3.63, 3.8) is 0 Å². The summed E-state index contributed by atoms with van der Waals surface area (Å²) in [6.07, 6.45) is 2.08. The fourth-order valence-electron chi connectivity index (χ4n) is 1.87. The monoisotopic (exact) mass is 325 g/mol. The number of hydrogen-bond donors (Lipinski definition) is 1. The van der Waals surface area contributed by atoms with Crippen molar-refractivity contribution in [3.8, 4) is 0 Å². The van der Waals surface area contributed by atoms with Crippen LogP contribution in [-0.4, -0.2) is 12.8 Å². The van der Waals surface area contributed by atoms with Gasteiger partial charge in [-0.25, -0.2) is 0 Å². The number of furan rings is 1. The van der Waals surface area contributed by atoms with Crippen LogP contribution in [-0.2, 0) is 0 Å². The molecular formula is C14H16BrNOS. The summed E-state index contributed by atoms with van der Waals surface area (Å²) in [6, 6.07) is 12.6. The van der Waals surface area contributed by atoms with Crippen LogP contribution in [0.4, 0.5) is 0 Å². The molecule has 1 N–H and O–H groups in total. The van der Waals surface area contributed by atoms with Crippen LogP contribution in [0.1, 0.15) is 24.3 Å². The summed E-state index contributed by atoms with van der Waals surface area (Å²) in [6.45, 7) is 2.99. The zero-order valence-corrected chi connectivity index (χ0v) is 12.8. The second-order valence-corrected chi connectivity index (χ2v) is 5.57. The zero-order valence-electron chi connectivity index (χ0n) is 10.4. The Morgan fingerprint density at radius 1 is 1.22 bits per heavy atom. The summed E-state index contributed by atoms with van der Waals surface area (Å²) < 4.78 is 6.42. The fraction of sp³-hybridized carbons (Fsp3) is 0.286. The molecule has 0 radical (unpaired) electrons. The molecule has 96 valence electrons. The number of hydrogen-bond acceptors (Lipinski definition) is 3. The minimum atomic E-state index is 0.109. The van der Waals surface area contributed by atoms with E-state index in [1.807, 2.05) is 12.1 Å². The lowest BCUT2D eigenvalue weighted by Gasteiger charge is -2.16. The normalized spacial score (nSPS) is 12.6. The lowest BCUT2D eigenvalue weighted by molar-refractivity contribution is 0.437. The predicted molar refractivity (Wildman–Crippen MR) is 80.2 cm³/mol. The van der Waals surface area contributed by atoms with Crippen LogP contribution in [0, 0.1) is 0 Å². The van der Waals surface area contributed by atoms with Crippen LogP contribution in [0.15, 0.2) is 50.4 Å². The Labute approximate surface area is 120 Å². The Hall–Kier alpha value is -0.710. The van der Waals surface area contributed by atoms with Crippen LogP contribution in [0.25, 0.3) is 0 Å². The van der Waals surface area contributed by atoms with Gasteiger partial charge >= 0.3 is 0 Å². The molecule has 18 heavy (non-hydrogen) atoms. The van der Waals surface area contributed by atoms with Gasteiger partial charge in [-0.3, -0.25) is 0 Å². The van der Waals surface area contributed by atoms with E-state index in [2.05, 4.69) is 58.7 Å². The molecule has 1 heterocycles. The van der Waals surface area contributed by atoms with E-state index in [1.165, 1.54) is 10.5 Å². The molecule has 0 fully saturated rings. The summed E-state index contributed by atoms with van der Waals surface area (Å²) >= 11 is 5.10. The first-order valence-corrected chi connectivity index (χ1v) is 7.89. The van der Waals surface area contributed by atoms with E-state index in [4.69, 9.17) is 4.42 Å². The van der Waals surface area contributed by atoms with Crippen LogP contribution in [0.2, 0.25) is 0 Å². The third kappa shape index (κ3) is 3.19. The minimum absolute atomic E-state index is 0.109. The standard InChI is InChI=1S/C14H16BrNOS/c1-3-16-14(12-8-9-13(15)17-12)10-4-6-11(18-2)7-5-10/h4-9,14,16H,3H2,1-2H3. The topological polar surface area (TPSA) is 25.2 Å². The Morgan fingerprint density at radius 2 is 1.94 bits per heavy atom. The first kappa shape index (κ1) is 13.7. The maximum Gasteiger partial charge on any atom is 0.169 e. The molecule has 2 aromatic rings. The van der Waals surface area contributed by atoms with Crippen molar-refractivity contribution < 1.29 is 4.42 Å². The minimum Gasteiger partial charge on any atom is -0.452 e. The predicted octanol–water partition coefficient (Wildman–Crippen LogP) is 4.46. The van der Waals surface area contributed by atoms with Crippen LogP contribution in [0.3, 0.4) is 0 Å². The molecule has 4 heteroatoms. The number of benzene rings is 1. The van der Waals surface area contributed by atoms with Crippen LogP contribution >= 0.6 is 27.7 Å². The molecule has 0 aliphatic carbocycles. The van der Waals surface area contributed by atoms with Crippen molar-refractivity contribution in [3.05, 3.63) is 52.4 Å². The van der Waals surface area contributed by atoms with Crippen molar-refractivity contribution in [2.45, 2.75) is 17.9 Å². The Balaban J connectivity index is 2.28. The van der Waals surface area contributed by atoms with Crippen molar-refractivity contribution >= 4 is 27.7 Å². The van der Waals surface area contributed by atoms with Crippen molar-refractivity contribution in [1.29, 1.82) is 0 Å². The van der Waals surface area contributed by atoms with Gasteiger partial charge in [-0.05, 0) is 58.6 Å². The molecule has 0 saturated carbocycles. The smallest absolute Gasteiger partial charge is 0.169 e. The van der Waals surface area contributed by atoms with E-state index in [0.29, 0.717) is 0 Å². The Kier molecular flexibility index (Phi) is 4.92. The second kappa shape index (κ2) is 6.45. The summed E-state index contributed by atoms with van der Waals surface area (Å²) in [5.74, 6) is 0.931. The summed E-state index contributed by atoms with van der Waals surface area (Å²) in [5, 5.41) is 3.44. The van der Waals surface area contributed by atoms with Crippen LogP contribution < -0.4 is 5.32 Å². The van der Waals surface area contributed by atoms with E-state index < -0.39 is 0 Å². The van der Waals surface area contributed by atoms with Gasteiger partial charge < -0.3 is 9.73 Å². The van der Waals surface area contributed by atoms with Gasteiger partial charge in [0.1, 0.15) is 5.76 Å². The van der Waals surface area contributed by atoms with Gasteiger partial charge in [0.2, 0.25) is 0 Å². The molecule has 1 aromatic heterocycles. The SMILES string of the molecule is CCNC(c1ccc(SC)cc1)c1ccc(Br)o1.